The Morgan fingerprint density at radius 1 is 1.19 bits per heavy atom. The van der Waals surface area contributed by atoms with Gasteiger partial charge < -0.3 is 15.0 Å². The van der Waals surface area contributed by atoms with E-state index < -0.39 is 6.04 Å². The van der Waals surface area contributed by atoms with E-state index in [1.54, 1.807) is 17.0 Å². The number of halogens is 1. The van der Waals surface area contributed by atoms with Crippen LogP contribution in [0.4, 0.5) is 4.39 Å². The Labute approximate surface area is 161 Å². The van der Waals surface area contributed by atoms with Gasteiger partial charge in [0.2, 0.25) is 11.8 Å². The van der Waals surface area contributed by atoms with Crippen molar-refractivity contribution < 1.29 is 18.7 Å². The lowest BCUT2D eigenvalue weighted by molar-refractivity contribution is -0.140. The molecule has 1 aliphatic rings. The van der Waals surface area contributed by atoms with E-state index in [2.05, 4.69) is 5.32 Å². The highest BCUT2D eigenvalue weighted by Gasteiger charge is 2.28. The Balaban J connectivity index is 2.00. The minimum absolute atomic E-state index is 0.00351. The Kier molecular flexibility index (Phi) is 8.23. The van der Waals surface area contributed by atoms with Crippen LogP contribution in [0.15, 0.2) is 24.3 Å². The van der Waals surface area contributed by atoms with E-state index in [9.17, 15) is 14.0 Å². The maximum absolute atomic E-state index is 13.1. The smallest absolute Gasteiger partial charge is 0.245 e. The third-order valence-corrected chi connectivity index (χ3v) is 4.93. The van der Waals surface area contributed by atoms with Crippen molar-refractivity contribution in [2.45, 2.75) is 52.0 Å². The van der Waals surface area contributed by atoms with E-state index >= 15 is 0 Å². The molecule has 1 aromatic carbocycles. The Hall–Kier alpha value is -1.95. The van der Waals surface area contributed by atoms with Crippen LogP contribution in [0, 0.1) is 11.7 Å². The molecule has 1 heterocycles. The van der Waals surface area contributed by atoms with Crippen molar-refractivity contribution >= 4 is 11.8 Å². The van der Waals surface area contributed by atoms with Crippen LogP contribution in [0.25, 0.3) is 0 Å². The lowest BCUT2D eigenvalue weighted by Crippen LogP contribution is -2.52. The maximum Gasteiger partial charge on any atom is 0.245 e. The maximum atomic E-state index is 13.1. The number of nitrogens with one attached hydrogen (secondary N) is 1. The molecule has 6 heteroatoms. The van der Waals surface area contributed by atoms with Crippen LogP contribution in [0.2, 0.25) is 0 Å². The second-order valence-electron chi connectivity index (χ2n) is 7.55. The zero-order chi connectivity index (χ0) is 19.8. The molecule has 2 rings (SSSR count). The van der Waals surface area contributed by atoms with Gasteiger partial charge in [0.05, 0.1) is 13.2 Å². The molecule has 1 aliphatic heterocycles. The van der Waals surface area contributed by atoms with Crippen molar-refractivity contribution in [2.75, 3.05) is 26.3 Å². The van der Waals surface area contributed by atoms with Gasteiger partial charge in [-0.05, 0) is 42.4 Å². The summed E-state index contributed by atoms with van der Waals surface area (Å²) in [4.78, 5) is 27.3. The molecular formula is C21H31FN2O3. The van der Waals surface area contributed by atoms with E-state index in [-0.39, 0.29) is 30.0 Å². The van der Waals surface area contributed by atoms with Crippen LogP contribution in [0.1, 0.15) is 51.5 Å². The predicted octanol–water partition coefficient (Wildman–Crippen LogP) is 3.10. The number of amides is 2. The second kappa shape index (κ2) is 10.4. The van der Waals surface area contributed by atoms with E-state index in [0.717, 1.165) is 12.0 Å². The van der Waals surface area contributed by atoms with Crippen molar-refractivity contribution in [3.63, 3.8) is 0 Å². The third kappa shape index (κ3) is 6.61. The van der Waals surface area contributed by atoms with Gasteiger partial charge >= 0.3 is 0 Å². The fourth-order valence-corrected chi connectivity index (χ4v) is 3.41. The number of carbonyl (C=O) groups excluding carboxylic acids is 2. The summed E-state index contributed by atoms with van der Waals surface area (Å²) in [5, 5.41) is 2.95. The standard InChI is InChI=1S/C21H31FN2O3/c1-4-16(17-5-7-18(22)8-6-17)14-20(25)23-19(13-15(2)3)21(26)24-9-11-27-12-10-24/h5-8,15-16,19H,4,9-14H2,1-3H3,(H,23,25)/t16?,19-/m1/s1. The molecule has 0 aromatic heterocycles. The number of morpholine rings is 1. The summed E-state index contributed by atoms with van der Waals surface area (Å²) in [6.45, 7) is 8.30. The first-order valence-electron chi connectivity index (χ1n) is 9.82. The highest BCUT2D eigenvalue weighted by Crippen LogP contribution is 2.23. The Bertz CT molecular complexity index is 612. The zero-order valence-electron chi connectivity index (χ0n) is 16.5. The normalized spacial score (nSPS) is 16.9. The summed E-state index contributed by atoms with van der Waals surface area (Å²) in [5.74, 6) is -0.164. The molecular weight excluding hydrogens is 347 g/mol. The third-order valence-electron chi connectivity index (χ3n) is 4.93. The molecule has 1 saturated heterocycles. The summed E-state index contributed by atoms with van der Waals surface area (Å²) in [5.41, 5.74) is 0.939. The highest BCUT2D eigenvalue weighted by atomic mass is 19.1. The minimum Gasteiger partial charge on any atom is -0.378 e. The first-order chi connectivity index (χ1) is 12.9. The molecule has 2 atom stereocenters. The molecule has 0 radical (unpaired) electrons. The summed E-state index contributed by atoms with van der Waals surface area (Å²) in [6.07, 6.45) is 1.66. The molecule has 150 valence electrons. The molecule has 2 amide bonds. The molecule has 1 aromatic rings. The number of nitrogens with zero attached hydrogens (tertiary/aromatic N) is 1. The lowest BCUT2D eigenvalue weighted by atomic mass is 9.92. The van der Waals surface area contributed by atoms with Crippen LogP contribution >= 0.6 is 0 Å². The van der Waals surface area contributed by atoms with Gasteiger partial charge in [0.25, 0.3) is 0 Å². The number of carbonyl (C=O) groups is 2. The molecule has 0 aliphatic carbocycles. The lowest BCUT2D eigenvalue weighted by Gasteiger charge is -2.31. The van der Waals surface area contributed by atoms with Gasteiger partial charge in [0.1, 0.15) is 11.9 Å². The van der Waals surface area contributed by atoms with E-state index in [1.165, 1.54) is 12.1 Å². The van der Waals surface area contributed by atoms with Crippen molar-refractivity contribution in [3.05, 3.63) is 35.6 Å². The van der Waals surface area contributed by atoms with Gasteiger partial charge in [-0.2, -0.15) is 0 Å². The van der Waals surface area contributed by atoms with Crippen LogP contribution in [0.5, 0.6) is 0 Å². The molecule has 1 unspecified atom stereocenters. The van der Waals surface area contributed by atoms with Crippen LogP contribution in [-0.4, -0.2) is 49.1 Å². The summed E-state index contributed by atoms with van der Waals surface area (Å²) in [7, 11) is 0. The fourth-order valence-electron chi connectivity index (χ4n) is 3.41. The van der Waals surface area contributed by atoms with Crippen molar-refractivity contribution in [1.82, 2.24) is 10.2 Å². The van der Waals surface area contributed by atoms with Gasteiger partial charge in [0.15, 0.2) is 0 Å². The molecule has 1 fully saturated rings. The summed E-state index contributed by atoms with van der Waals surface area (Å²) < 4.78 is 18.5. The fraction of sp³-hybridized carbons (Fsp3) is 0.619. The SMILES string of the molecule is CCC(CC(=O)N[C@H](CC(C)C)C(=O)N1CCOCC1)c1ccc(F)cc1. The van der Waals surface area contributed by atoms with Gasteiger partial charge in [-0.25, -0.2) is 4.39 Å². The molecule has 5 nitrogen and oxygen atoms in total. The Morgan fingerprint density at radius 3 is 2.37 bits per heavy atom. The molecule has 0 spiro atoms. The van der Waals surface area contributed by atoms with Gasteiger partial charge in [0, 0.05) is 19.5 Å². The first-order valence-corrected chi connectivity index (χ1v) is 9.82. The predicted molar refractivity (Wildman–Crippen MR) is 103 cm³/mol. The average Bonchev–Trinajstić information content (AvgIpc) is 2.66. The zero-order valence-corrected chi connectivity index (χ0v) is 16.5. The Morgan fingerprint density at radius 2 is 1.81 bits per heavy atom. The molecule has 1 N–H and O–H groups in total. The number of hydrogen-bond acceptors (Lipinski definition) is 3. The van der Waals surface area contributed by atoms with Crippen molar-refractivity contribution in [3.8, 4) is 0 Å². The molecule has 0 saturated carbocycles. The topological polar surface area (TPSA) is 58.6 Å². The van der Waals surface area contributed by atoms with Crippen LogP contribution in [0.3, 0.4) is 0 Å². The van der Waals surface area contributed by atoms with Crippen molar-refractivity contribution in [1.29, 1.82) is 0 Å². The first kappa shape index (κ1) is 21.4. The summed E-state index contributed by atoms with van der Waals surface area (Å²) in [6, 6.07) is 5.77. The molecule has 27 heavy (non-hydrogen) atoms. The summed E-state index contributed by atoms with van der Waals surface area (Å²) >= 11 is 0. The monoisotopic (exact) mass is 378 g/mol. The van der Waals surface area contributed by atoms with Gasteiger partial charge in [-0.3, -0.25) is 9.59 Å². The van der Waals surface area contributed by atoms with E-state index in [1.807, 2.05) is 20.8 Å². The van der Waals surface area contributed by atoms with E-state index in [0.29, 0.717) is 38.6 Å². The van der Waals surface area contributed by atoms with Gasteiger partial charge in [-0.15, -0.1) is 0 Å². The number of benzene rings is 1. The van der Waals surface area contributed by atoms with Gasteiger partial charge in [-0.1, -0.05) is 32.9 Å². The molecule has 0 bridgehead atoms. The number of ether oxygens (including phenoxy) is 1. The average molecular weight is 378 g/mol. The second-order valence-corrected chi connectivity index (χ2v) is 7.55. The number of hydrogen-bond donors (Lipinski definition) is 1. The van der Waals surface area contributed by atoms with Crippen molar-refractivity contribution in [2.24, 2.45) is 5.92 Å². The van der Waals surface area contributed by atoms with Crippen LogP contribution in [-0.2, 0) is 14.3 Å². The van der Waals surface area contributed by atoms with E-state index in [4.69, 9.17) is 4.74 Å². The quantitative estimate of drug-likeness (QED) is 0.756. The largest absolute Gasteiger partial charge is 0.378 e. The minimum atomic E-state index is -0.513. The number of rotatable bonds is 8. The van der Waals surface area contributed by atoms with Crippen LogP contribution < -0.4 is 5.32 Å². The highest BCUT2D eigenvalue weighted by molar-refractivity contribution is 5.88.